The van der Waals surface area contributed by atoms with Crippen LogP contribution >= 0.6 is 0 Å². The molecule has 2 atom stereocenters. The van der Waals surface area contributed by atoms with E-state index in [0.29, 0.717) is 8.45 Å². The molecule has 0 radical (unpaired) electrons. The second-order valence-corrected chi connectivity index (χ2v) is 55.0. The second-order valence-electron chi connectivity index (χ2n) is 19.8. The summed E-state index contributed by atoms with van der Waals surface area (Å²) >= 11 is -5.02. The zero-order valence-corrected chi connectivity index (χ0v) is 36.7. The topological polar surface area (TPSA) is 0 Å². The Bertz CT molecular complexity index is 2470. The fourth-order valence-corrected chi connectivity index (χ4v) is 39.6. The second kappa shape index (κ2) is 12.6. The van der Waals surface area contributed by atoms with Crippen molar-refractivity contribution in [1.29, 1.82) is 0 Å². The fraction of sp³-hybridized carbons (Fsp3) is 0.308. The van der Waals surface area contributed by atoms with Crippen LogP contribution in [-0.2, 0) is 11.5 Å². The van der Waals surface area contributed by atoms with E-state index in [9.17, 15) is 0 Å². The molecule has 2 unspecified atom stereocenters. The van der Waals surface area contributed by atoms with Crippen LogP contribution in [0.15, 0.2) is 132 Å². The van der Waals surface area contributed by atoms with Gasteiger partial charge < -0.3 is 0 Å². The number of hydrogen-bond acceptors (Lipinski definition) is 0. The van der Waals surface area contributed by atoms with Gasteiger partial charge in [-0.1, -0.05) is 0 Å². The van der Waals surface area contributed by atoms with Crippen molar-refractivity contribution in [2.45, 2.75) is 94.6 Å². The normalized spacial score (nSPS) is 18.7. The third-order valence-corrected chi connectivity index (χ3v) is 40.5. The van der Waals surface area contributed by atoms with Crippen LogP contribution in [0.4, 0.5) is 0 Å². The summed E-state index contributed by atoms with van der Waals surface area (Å²) in [6, 6.07) is 46.4. The molecule has 8 rings (SSSR count). The summed E-state index contributed by atoms with van der Waals surface area (Å²) in [6.07, 6.45) is 12.5. The summed E-state index contributed by atoms with van der Waals surface area (Å²) in [6.45, 7) is 9.76. The van der Waals surface area contributed by atoms with E-state index in [0.717, 1.165) is 12.8 Å². The Balaban J connectivity index is 1.46. The van der Waals surface area contributed by atoms with Gasteiger partial charge in [0.05, 0.1) is 0 Å². The molecule has 0 spiro atoms. The third-order valence-electron chi connectivity index (χ3n) is 15.3. The fourth-order valence-electron chi connectivity index (χ4n) is 13.0. The van der Waals surface area contributed by atoms with Crippen molar-refractivity contribution >= 4 is 41.3 Å². The number of benzene rings is 6. The van der Waals surface area contributed by atoms with Gasteiger partial charge in [-0.05, 0) is 0 Å². The van der Waals surface area contributed by atoms with Crippen LogP contribution in [0.1, 0.15) is 96.9 Å². The van der Waals surface area contributed by atoms with Gasteiger partial charge in [-0.3, -0.25) is 0 Å². The monoisotopic (exact) mass is 760 g/mol. The van der Waals surface area contributed by atoms with Crippen LogP contribution < -0.4 is 0 Å². The molecule has 2 aliphatic carbocycles. The van der Waals surface area contributed by atoms with Crippen molar-refractivity contribution in [2.75, 3.05) is 0 Å². The van der Waals surface area contributed by atoms with Gasteiger partial charge in [0.25, 0.3) is 0 Å². The average molecular weight is 761 g/mol. The van der Waals surface area contributed by atoms with Gasteiger partial charge >= 0.3 is 324 Å². The first-order chi connectivity index (χ1) is 25.9. The quantitative estimate of drug-likeness (QED) is 0.109. The van der Waals surface area contributed by atoms with E-state index >= 15 is 0 Å². The van der Waals surface area contributed by atoms with Crippen molar-refractivity contribution in [3.05, 3.63) is 155 Å². The maximum atomic E-state index is 3.00. The zero-order valence-electron chi connectivity index (χ0n) is 33.7. The van der Waals surface area contributed by atoms with E-state index in [1.165, 1.54) is 90.1 Å². The first-order valence-corrected chi connectivity index (χ1v) is 32.3. The third kappa shape index (κ3) is 5.32. The van der Waals surface area contributed by atoms with Crippen LogP contribution in [0.5, 0.6) is 0 Å². The summed E-state index contributed by atoms with van der Waals surface area (Å²) in [5.41, 5.74) is 15.0. The van der Waals surface area contributed by atoms with Crippen LogP contribution in [0.3, 0.4) is 0 Å². The van der Waals surface area contributed by atoms with E-state index in [1.54, 1.807) is 22.3 Å². The number of hydrogen-bond donors (Lipinski definition) is 0. The molecule has 54 heavy (non-hydrogen) atoms. The molecule has 6 aromatic carbocycles. The number of rotatable bonds is 12. The molecule has 0 saturated heterocycles. The standard InChI is InChI=1S/2C21H17.2C4H9.2CH3.H2Si.Ti/c2*1-2-15-13-17-9-6-12-20(21(17)14-15)19-11-5-8-16-7-3-4-10-18(16)19;2*1-3-4-2;;;;/h2*3-14H,2H2,1H3;2*1,3-4H2,2H3;2*1H3;1H2;. The molecular weight excluding hydrogens is 701 g/mol. The van der Waals surface area contributed by atoms with E-state index < -0.39 is 11.5 Å². The average Bonchev–Trinajstić information content (AvgIpc) is 3.81. The van der Waals surface area contributed by atoms with Crippen LogP contribution in [0.25, 0.3) is 56.0 Å². The number of allylic oxidation sites excluding steroid dienone is 2. The number of unbranched alkanes of at least 4 members (excludes halogenated alkanes) is 2. The van der Waals surface area contributed by atoms with E-state index in [-0.39, 0.29) is 0 Å². The zero-order chi connectivity index (χ0) is 37.8. The van der Waals surface area contributed by atoms with Crippen molar-refractivity contribution in [1.82, 2.24) is 0 Å². The van der Waals surface area contributed by atoms with Gasteiger partial charge in [-0.2, -0.15) is 0 Å². The van der Waals surface area contributed by atoms with E-state index in [2.05, 4.69) is 179 Å². The van der Waals surface area contributed by atoms with Gasteiger partial charge in [-0.15, -0.1) is 0 Å². The van der Waals surface area contributed by atoms with Crippen LogP contribution in [-0.4, -0.2) is 7.63 Å². The Morgan fingerprint density at radius 1 is 0.463 bits per heavy atom. The molecule has 2 heteroatoms. The molecule has 0 saturated carbocycles. The van der Waals surface area contributed by atoms with Crippen molar-refractivity contribution in [3.8, 4) is 22.3 Å². The Morgan fingerprint density at radius 3 is 1.24 bits per heavy atom. The van der Waals surface area contributed by atoms with Gasteiger partial charge in [0.1, 0.15) is 0 Å². The molecule has 0 nitrogen and oxygen atoms in total. The number of fused-ring (bicyclic) bond motifs is 4. The minimum absolute atomic E-state index is 0.418. The first-order valence-electron chi connectivity index (χ1n) is 21.1. The molecule has 0 aromatic heterocycles. The Kier molecular flexibility index (Phi) is 8.70. The molecule has 0 heterocycles. The first kappa shape index (κ1) is 37.2. The summed E-state index contributed by atoms with van der Waals surface area (Å²) in [5, 5.41) is 11.3. The molecule has 0 N–H and O–H groups in total. The summed E-state index contributed by atoms with van der Waals surface area (Å²) in [7, 11) is 2.63. The molecular formula is C52H60SiTi. The van der Waals surface area contributed by atoms with E-state index in [1.807, 2.05) is 0 Å². The van der Waals surface area contributed by atoms with Gasteiger partial charge in [0, 0.05) is 0 Å². The maximum absolute atomic E-state index is 5.02. The molecule has 0 aliphatic heterocycles. The summed E-state index contributed by atoms with van der Waals surface area (Å²) in [4.78, 5) is 0. The summed E-state index contributed by atoms with van der Waals surface area (Å²) < 4.78 is 3.49. The molecule has 0 fully saturated rings. The Labute approximate surface area is 322 Å². The van der Waals surface area contributed by atoms with Gasteiger partial charge in [0.15, 0.2) is 0 Å². The molecule has 0 bridgehead atoms. The van der Waals surface area contributed by atoms with Crippen molar-refractivity contribution in [3.63, 3.8) is 0 Å². The SMILES string of the molecule is CCC[CH2][Ti]([CH3])([CH3])(=[SiH2])([CH2]CCC)([CH]1C(CC)=Cc2c(-c3cccc4ccccc34)cccc21)[CH]1C(CC)=Cc2c(-c3cccc4ccccc34)cccc21. The predicted molar refractivity (Wildman–Crippen MR) is 240 cm³/mol. The molecule has 276 valence electrons. The van der Waals surface area contributed by atoms with Crippen molar-refractivity contribution in [2.24, 2.45) is 0 Å². The Morgan fingerprint density at radius 2 is 0.833 bits per heavy atom. The van der Waals surface area contributed by atoms with E-state index in [4.69, 9.17) is 0 Å². The van der Waals surface area contributed by atoms with Crippen LogP contribution in [0, 0.1) is 0 Å². The Hall–Kier alpha value is -3.75. The predicted octanol–water partition coefficient (Wildman–Crippen LogP) is 15.6. The van der Waals surface area contributed by atoms with Gasteiger partial charge in [0.2, 0.25) is 0 Å². The summed E-state index contributed by atoms with van der Waals surface area (Å²) in [5.74, 6) is 0. The molecule has 0 amide bonds. The minimum atomic E-state index is -5.02. The molecule has 6 aromatic rings. The van der Waals surface area contributed by atoms with Gasteiger partial charge in [-0.25, -0.2) is 0 Å². The molecule has 2 aliphatic rings. The van der Waals surface area contributed by atoms with Crippen molar-refractivity contribution < 1.29 is 11.5 Å². The van der Waals surface area contributed by atoms with Crippen LogP contribution in [0.2, 0.25) is 19.9 Å².